The minimum atomic E-state index is -0.935. The highest BCUT2D eigenvalue weighted by Gasteiger charge is 2.63. The molecule has 1 N–H and O–H groups in total. The third-order valence-electron chi connectivity index (χ3n) is 8.53. The second-order valence-electron chi connectivity index (χ2n) is 11.7. The molecule has 1 aliphatic heterocycles. The zero-order valence-electron chi connectivity index (χ0n) is 24.8. The molecule has 6 rings (SSSR count). The third kappa shape index (κ3) is 6.17. The maximum Gasteiger partial charge on any atom is 0.338 e. The van der Waals surface area contributed by atoms with E-state index >= 15 is 0 Å². The van der Waals surface area contributed by atoms with Gasteiger partial charge in [-0.3, -0.25) is 14.3 Å². The summed E-state index contributed by atoms with van der Waals surface area (Å²) in [6, 6.07) is 26.8. The van der Waals surface area contributed by atoms with Crippen LogP contribution in [0.15, 0.2) is 101 Å². The van der Waals surface area contributed by atoms with Crippen LogP contribution >= 0.6 is 0 Å². The van der Waals surface area contributed by atoms with Gasteiger partial charge in [0, 0.05) is 11.8 Å². The van der Waals surface area contributed by atoms with Crippen LogP contribution in [0.25, 0.3) is 0 Å². The van der Waals surface area contributed by atoms with Crippen LogP contribution < -0.4 is 11.2 Å². The molecule has 4 aromatic rings. The number of carbonyl (C=O) groups excluding carboxylic acids is 1. The Labute approximate surface area is 255 Å². The summed E-state index contributed by atoms with van der Waals surface area (Å²) in [7, 11) is 0. The highest BCUT2D eigenvalue weighted by atomic mass is 16.6. The largest absolute Gasteiger partial charge is 0.458 e. The van der Waals surface area contributed by atoms with E-state index in [0.29, 0.717) is 30.6 Å². The van der Waals surface area contributed by atoms with Crippen molar-refractivity contribution in [3.63, 3.8) is 0 Å². The molecule has 5 atom stereocenters. The van der Waals surface area contributed by atoms with E-state index in [1.54, 1.807) is 19.1 Å². The van der Waals surface area contributed by atoms with Gasteiger partial charge in [0.2, 0.25) is 0 Å². The molecule has 2 bridgehead atoms. The van der Waals surface area contributed by atoms with Crippen molar-refractivity contribution in [1.82, 2.24) is 9.55 Å². The normalized spacial score (nSPS) is 24.2. The Morgan fingerprint density at radius 2 is 1.59 bits per heavy atom. The molecule has 228 valence electrons. The van der Waals surface area contributed by atoms with E-state index in [1.165, 1.54) is 10.8 Å². The van der Waals surface area contributed by atoms with Crippen LogP contribution in [0.2, 0.25) is 0 Å². The van der Waals surface area contributed by atoms with Crippen molar-refractivity contribution in [1.29, 1.82) is 0 Å². The third-order valence-corrected chi connectivity index (χ3v) is 8.53. The number of esters is 1. The topological polar surface area (TPSA) is 109 Å². The lowest BCUT2D eigenvalue weighted by atomic mass is 9.75. The van der Waals surface area contributed by atoms with Gasteiger partial charge in [-0.1, -0.05) is 78.4 Å². The maximum absolute atomic E-state index is 13.4. The number of nitrogens with zero attached hydrogens (tertiary/aromatic N) is 1. The number of nitrogens with one attached hydrogen (secondary N) is 1. The fourth-order valence-electron chi connectivity index (χ4n) is 6.22. The Hall–Kier alpha value is -4.31. The quantitative estimate of drug-likeness (QED) is 0.261. The molecule has 0 amide bonds. The summed E-state index contributed by atoms with van der Waals surface area (Å²) in [5, 5.41) is 0. The van der Waals surface area contributed by atoms with Gasteiger partial charge in [0.25, 0.3) is 5.56 Å². The Morgan fingerprint density at radius 3 is 2.27 bits per heavy atom. The number of carbonyl (C=O) groups is 1. The minimum absolute atomic E-state index is 0.198. The Bertz CT molecular complexity index is 1700. The van der Waals surface area contributed by atoms with Crippen molar-refractivity contribution < 1.29 is 23.7 Å². The molecule has 0 radical (unpaired) electrons. The van der Waals surface area contributed by atoms with Gasteiger partial charge < -0.3 is 18.9 Å². The van der Waals surface area contributed by atoms with Crippen LogP contribution in [0.3, 0.4) is 0 Å². The Kier molecular flexibility index (Phi) is 8.61. The summed E-state index contributed by atoms with van der Waals surface area (Å²) in [6.45, 7) is 4.44. The first-order valence-electron chi connectivity index (χ1n) is 14.9. The van der Waals surface area contributed by atoms with Gasteiger partial charge in [-0.05, 0) is 49.9 Å². The van der Waals surface area contributed by atoms with Gasteiger partial charge in [-0.15, -0.1) is 0 Å². The summed E-state index contributed by atoms with van der Waals surface area (Å²) < 4.78 is 27.3. The molecule has 2 fully saturated rings. The molecule has 9 heteroatoms. The van der Waals surface area contributed by atoms with Crippen LogP contribution in [0.4, 0.5) is 0 Å². The van der Waals surface area contributed by atoms with Gasteiger partial charge in [-0.2, -0.15) is 0 Å². The van der Waals surface area contributed by atoms with Crippen molar-refractivity contribution in [2.24, 2.45) is 5.92 Å². The number of fused-ring (bicyclic) bond motifs is 2. The SMILES string of the molecule is Cc1ccc(C(=O)O[C@@H]2CC[C@]3(COCc4ccccc4)O[C@@H](n4cc(C)c(=O)[nH]c4=O)[C@H]2[C@@H]3OCc2ccccc2)cc1. The molecular weight excluding hydrogens is 560 g/mol. The Balaban J connectivity index is 1.36. The van der Waals surface area contributed by atoms with E-state index in [0.717, 1.165) is 16.7 Å². The molecule has 1 saturated carbocycles. The molecule has 1 aromatic heterocycles. The minimum Gasteiger partial charge on any atom is -0.458 e. The molecule has 9 nitrogen and oxygen atoms in total. The van der Waals surface area contributed by atoms with Gasteiger partial charge in [0.15, 0.2) is 0 Å². The lowest BCUT2D eigenvalue weighted by Crippen LogP contribution is -2.54. The highest BCUT2D eigenvalue weighted by molar-refractivity contribution is 5.89. The van der Waals surface area contributed by atoms with E-state index < -0.39 is 47.2 Å². The first kappa shape index (κ1) is 29.7. The number of H-pyrrole nitrogens is 1. The number of benzene rings is 3. The first-order chi connectivity index (χ1) is 21.3. The zero-order chi connectivity index (χ0) is 30.7. The lowest BCUT2D eigenvalue weighted by molar-refractivity contribution is -0.168. The number of rotatable bonds is 10. The number of aromatic nitrogens is 2. The van der Waals surface area contributed by atoms with E-state index in [9.17, 15) is 14.4 Å². The fraction of sp³-hybridized carbons (Fsp3) is 0.343. The molecular formula is C35H36N2O7. The summed E-state index contributed by atoms with van der Waals surface area (Å²) in [5.74, 6) is -1.02. The molecule has 44 heavy (non-hydrogen) atoms. The van der Waals surface area contributed by atoms with Crippen LogP contribution in [-0.4, -0.2) is 39.9 Å². The zero-order valence-corrected chi connectivity index (χ0v) is 24.8. The Morgan fingerprint density at radius 1 is 0.932 bits per heavy atom. The summed E-state index contributed by atoms with van der Waals surface area (Å²) >= 11 is 0. The van der Waals surface area contributed by atoms with Crippen molar-refractivity contribution in [3.05, 3.63) is 140 Å². The molecule has 0 spiro atoms. The van der Waals surface area contributed by atoms with Gasteiger partial charge >= 0.3 is 11.7 Å². The molecule has 3 aromatic carbocycles. The molecule has 2 aliphatic rings. The van der Waals surface area contributed by atoms with Crippen LogP contribution in [0.1, 0.15) is 51.7 Å². The van der Waals surface area contributed by atoms with E-state index in [-0.39, 0.29) is 13.2 Å². The molecule has 1 aliphatic carbocycles. The number of aromatic amines is 1. The van der Waals surface area contributed by atoms with Crippen LogP contribution in [0.5, 0.6) is 0 Å². The first-order valence-corrected chi connectivity index (χ1v) is 14.9. The second kappa shape index (κ2) is 12.7. The maximum atomic E-state index is 13.4. The van der Waals surface area contributed by atoms with Crippen molar-refractivity contribution in [3.8, 4) is 0 Å². The van der Waals surface area contributed by atoms with Gasteiger partial charge in [-0.25, -0.2) is 9.59 Å². The molecule has 2 heterocycles. The van der Waals surface area contributed by atoms with Crippen LogP contribution in [-0.2, 0) is 32.2 Å². The van der Waals surface area contributed by atoms with Gasteiger partial charge in [0.05, 0.1) is 37.4 Å². The summed E-state index contributed by atoms with van der Waals surface area (Å²) in [6.07, 6.45) is 0.355. The monoisotopic (exact) mass is 596 g/mol. The van der Waals surface area contributed by atoms with E-state index in [4.69, 9.17) is 18.9 Å². The smallest absolute Gasteiger partial charge is 0.338 e. The predicted octanol–water partition coefficient (Wildman–Crippen LogP) is 4.86. The number of ether oxygens (including phenoxy) is 4. The second-order valence-corrected chi connectivity index (χ2v) is 11.7. The molecule has 0 unspecified atom stereocenters. The lowest BCUT2D eigenvalue weighted by Gasteiger charge is -2.41. The van der Waals surface area contributed by atoms with E-state index in [2.05, 4.69) is 4.98 Å². The van der Waals surface area contributed by atoms with Crippen molar-refractivity contribution in [2.75, 3.05) is 6.61 Å². The number of aryl methyl sites for hydroxylation is 2. The van der Waals surface area contributed by atoms with Gasteiger partial charge in [0.1, 0.15) is 17.9 Å². The fourth-order valence-corrected chi connectivity index (χ4v) is 6.22. The standard InChI is InChI=1S/C35H36N2O7/c1-23-13-15-27(16-14-23)33(39)43-28-17-18-35(22-41-20-25-9-5-3-6-10-25)30(42-21-26-11-7-4-8-12-26)29(28)32(44-35)37-19-24(2)31(38)36-34(37)40/h3-16,19,28-30,32H,17-18,20-22H2,1-2H3,(H,36,38,40)/t28-,29-,30+,32-,35-/m1/s1. The molecule has 1 saturated heterocycles. The number of hydrogen-bond acceptors (Lipinski definition) is 7. The van der Waals surface area contributed by atoms with E-state index in [1.807, 2.05) is 79.7 Å². The highest BCUT2D eigenvalue weighted by Crippen LogP contribution is 2.53. The predicted molar refractivity (Wildman–Crippen MR) is 163 cm³/mol. The average molecular weight is 597 g/mol. The average Bonchev–Trinajstić information content (AvgIpc) is 3.25. The van der Waals surface area contributed by atoms with Crippen LogP contribution in [0, 0.1) is 19.8 Å². The summed E-state index contributed by atoms with van der Waals surface area (Å²) in [4.78, 5) is 41.2. The summed E-state index contributed by atoms with van der Waals surface area (Å²) in [5.41, 5.74) is 1.81. The van der Waals surface area contributed by atoms with Crippen molar-refractivity contribution in [2.45, 2.75) is 63.9 Å². The van der Waals surface area contributed by atoms with Crippen molar-refractivity contribution >= 4 is 5.97 Å². The number of hydrogen-bond donors (Lipinski definition) is 1.